The first-order chi connectivity index (χ1) is 10.5. The van der Waals surface area contributed by atoms with E-state index in [0.717, 1.165) is 33.9 Å². The number of benzene rings is 1. The Morgan fingerprint density at radius 2 is 2.05 bits per heavy atom. The highest BCUT2D eigenvalue weighted by Crippen LogP contribution is 2.27. The van der Waals surface area contributed by atoms with Crippen molar-refractivity contribution in [3.05, 3.63) is 51.0 Å². The Hall–Kier alpha value is -1.85. The van der Waals surface area contributed by atoms with E-state index in [1.807, 2.05) is 42.7 Å². The number of ether oxygens (including phenoxy) is 1. The lowest BCUT2D eigenvalue weighted by Crippen LogP contribution is -2.16. The number of nitrogens with two attached hydrogens (primary N) is 1. The molecule has 2 N–H and O–H groups in total. The van der Waals surface area contributed by atoms with Gasteiger partial charge in [-0.25, -0.2) is 0 Å². The molecule has 0 saturated heterocycles. The molecular formula is C17H22N2O2S. The van der Waals surface area contributed by atoms with Crippen LogP contribution in [-0.2, 0) is 6.54 Å². The van der Waals surface area contributed by atoms with Gasteiger partial charge in [-0.2, -0.15) is 0 Å². The number of aromatic nitrogens is 1. The van der Waals surface area contributed by atoms with Crippen molar-refractivity contribution in [1.29, 1.82) is 0 Å². The molecule has 0 aliphatic heterocycles. The third-order valence-corrected chi connectivity index (χ3v) is 4.16. The Morgan fingerprint density at radius 3 is 2.64 bits per heavy atom. The first kappa shape index (κ1) is 16.5. The van der Waals surface area contributed by atoms with E-state index < -0.39 is 0 Å². The number of rotatable bonds is 7. The molecule has 2 aromatic rings. The third-order valence-electron chi connectivity index (χ3n) is 3.26. The van der Waals surface area contributed by atoms with Crippen LogP contribution < -0.4 is 15.3 Å². The third kappa shape index (κ3) is 3.87. The van der Waals surface area contributed by atoms with Gasteiger partial charge < -0.3 is 10.5 Å². The first-order valence-corrected chi connectivity index (χ1v) is 8.12. The van der Waals surface area contributed by atoms with Crippen LogP contribution in [0, 0.1) is 6.92 Å². The molecule has 22 heavy (non-hydrogen) atoms. The van der Waals surface area contributed by atoms with Crippen LogP contribution in [0.5, 0.6) is 5.75 Å². The Kier molecular flexibility index (Phi) is 5.57. The highest BCUT2D eigenvalue weighted by atomic mass is 32.1. The Bertz CT molecular complexity index is 698. The van der Waals surface area contributed by atoms with E-state index in [2.05, 4.69) is 6.58 Å². The molecule has 0 saturated carbocycles. The van der Waals surface area contributed by atoms with Gasteiger partial charge in [-0.3, -0.25) is 9.36 Å². The fourth-order valence-corrected chi connectivity index (χ4v) is 3.12. The van der Waals surface area contributed by atoms with Gasteiger partial charge in [-0.1, -0.05) is 17.9 Å². The van der Waals surface area contributed by atoms with Crippen LogP contribution in [-0.4, -0.2) is 17.7 Å². The van der Waals surface area contributed by atoms with Gasteiger partial charge in [-0.05, 0) is 62.2 Å². The molecule has 4 nitrogen and oxygen atoms in total. The molecule has 0 unspecified atom stereocenters. The van der Waals surface area contributed by atoms with Crippen LogP contribution in [0.4, 0.5) is 0 Å². The van der Waals surface area contributed by atoms with Gasteiger partial charge >= 0.3 is 4.87 Å². The summed E-state index contributed by atoms with van der Waals surface area (Å²) in [5.74, 6) is 0.801. The summed E-state index contributed by atoms with van der Waals surface area (Å²) in [6.45, 7) is 9.47. The predicted molar refractivity (Wildman–Crippen MR) is 92.7 cm³/mol. The van der Waals surface area contributed by atoms with E-state index in [1.165, 1.54) is 11.3 Å². The summed E-state index contributed by atoms with van der Waals surface area (Å²) in [7, 11) is 0. The molecular weight excluding hydrogens is 296 g/mol. The van der Waals surface area contributed by atoms with Gasteiger partial charge in [0.2, 0.25) is 0 Å². The fraction of sp³-hybridized carbons (Fsp3) is 0.353. The van der Waals surface area contributed by atoms with Gasteiger partial charge in [0.25, 0.3) is 0 Å². The van der Waals surface area contributed by atoms with E-state index in [-0.39, 0.29) is 4.87 Å². The molecule has 0 bridgehead atoms. The lowest BCUT2D eigenvalue weighted by atomic mass is 10.1. The second-order valence-electron chi connectivity index (χ2n) is 5.34. The maximum Gasteiger partial charge on any atom is 0.307 e. The SMILES string of the molecule is C=C(C)COc1ccc(-c2c(C)sc(=O)n2CCCN)cc1. The largest absolute Gasteiger partial charge is 0.489 e. The minimum absolute atomic E-state index is 0.0727. The molecule has 0 aliphatic carbocycles. The summed E-state index contributed by atoms with van der Waals surface area (Å²) in [5.41, 5.74) is 8.55. The number of aryl methyl sites for hydroxylation is 1. The molecule has 5 heteroatoms. The normalized spacial score (nSPS) is 10.7. The molecule has 0 amide bonds. The Balaban J connectivity index is 2.28. The van der Waals surface area contributed by atoms with Gasteiger partial charge in [0.15, 0.2) is 0 Å². The fourth-order valence-electron chi connectivity index (χ4n) is 2.24. The highest BCUT2D eigenvalue weighted by Gasteiger charge is 2.13. The van der Waals surface area contributed by atoms with Gasteiger partial charge in [0.05, 0.1) is 5.69 Å². The first-order valence-electron chi connectivity index (χ1n) is 7.31. The average molecular weight is 318 g/mol. The molecule has 0 aliphatic rings. The zero-order valence-corrected chi connectivity index (χ0v) is 13.9. The monoisotopic (exact) mass is 318 g/mol. The van der Waals surface area contributed by atoms with E-state index in [1.54, 1.807) is 0 Å². The topological polar surface area (TPSA) is 57.2 Å². The molecule has 2 rings (SSSR count). The van der Waals surface area contributed by atoms with E-state index in [9.17, 15) is 4.79 Å². The number of hydrogen-bond donors (Lipinski definition) is 1. The molecule has 0 spiro atoms. The van der Waals surface area contributed by atoms with E-state index in [0.29, 0.717) is 19.7 Å². The standard InChI is InChI=1S/C17H22N2O2S/c1-12(2)11-21-15-7-5-14(6-8-15)16-13(3)22-17(20)19(16)10-4-9-18/h5-8H,1,4,9-11,18H2,2-3H3. The minimum atomic E-state index is 0.0727. The quantitative estimate of drug-likeness (QED) is 0.798. The average Bonchev–Trinajstić information content (AvgIpc) is 2.77. The molecule has 1 aromatic heterocycles. The predicted octanol–water partition coefficient (Wildman–Crippen LogP) is 3.19. The maximum atomic E-state index is 12.1. The van der Waals surface area contributed by atoms with Crippen LogP contribution in [0.1, 0.15) is 18.2 Å². The van der Waals surface area contributed by atoms with Gasteiger partial charge in [0.1, 0.15) is 12.4 Å². The summed E-state index contributed by atoms with van der Waals surface area (Å²) in [6, 6.07) is 7.82. The summed E-state index contributed by atoms with van der Waals surface area (Å²) >= 11 is 1.28. The Morgan fingerprint density at radius 1 is 1.36 bits per heavy atom. The minimum Gasteiger partial charge on any atom is -0.489 e. The molecule has 0 radical (unpaired) electrons. The van der Waals surface area contributed by atoms with Crippen molar-refractivity contribution in [2.45, 2.75) is 26.8 Å². The van der Waals surface area contributed by atoms with Crippen molar-refractivity contribution >= 4 is 11.3 Å². The van der Waals surface area contributed by atoms with Crippen molar-refractivity contribution < 1.29 is 4.74 Å². The van der Waals surface area contributed by atoms with Crippen molar-refractivity contribution in [3.63, 3.8) is 0 Å². The number of hydrogen-bond acceptors (Lipinski definition) is 4. The van der Waals surface area contributed by atoms with Gasteiger partial charge in [-0.15, -0.1) is 0 Å². The number of thiazole rings is 1. The van der Waals surface area contributed by atoms with Crippen molar-refractivity contribution in [1.82, 2.24) is 4.57 Å². The zero-order chi connectivity index (χ0) is 16.1. The smallest absolute Gasteiger partial charge is 0.307 e. The zero-order valence-electron chi connectivity index (χ0n) is 13.1. The number of nitrogens with zero attached hydrogens (tertiary/aromatic N) is 1. The summed E-state index contributed by atoms with van der Waals surface area (Å²) < 4.78 is 7.42. The summed E-state index contributed by atoms with van der Waals surface area (Å²) in [6.07, 6.45) is 0.795. The Labute approximate surface area is 134 Å². The molecule has 1 aromatic carbocycles. The van der Waals surface area contributed by atoms with Crippen molar-refractivity contribution in [2.75, 3.05) is 13.2 Å². The second-order valence-corrected chi connectivity index (χ2v) is 6.50. The van der Waals surface area contributed by atoms with Crippen LogP contribution in [0.3, 0.4) is 0 Å². The van der Waals surface area contributed by atoms with E-state index >= 15 is 0 Å². The molecule has 0 fully saturated rings. The molecule has 0 atom stereocenters. The van der Waals surface area contributed by atoms with Crippen LogP contribution in [0.15, 0.2) is 41.2 Å². The second kappa shape index (κ2) is 7.42. The summed E-state index contributed by atoms with van der Waals surface area (Å²) in [4.78, 5) is 13.2. The molecule has 118 valence electrons. The van der Waals surface area contributed by atoms with E-state index in [4.69, 9.17) is 10.5 Å². The van der Waals surface area contributed by atoms with Crippen LogP contribution in [0.25, 0.3) is 11.3 Å². The van der Waals surface area contributed by atoms with Crippen molar-refractivity contribution in [3.8, 4) is 17.0 Å². The maximum absolute atomic E-state index is 12.1. The lowest BCUT2D eigenvalue weighted by molar-refractivity contribution is 0.353. The summed E-state index contributed by atoms with van der Waals surface area (Å²) in [5, 5.41) is 0. The lowest BCUT2D eigenvalue weighted by Gasteiger charge is -2.10. The van der Waals surface area contributed by atoms with Crippen LogP contribution in [0.2, 0.25) is 0 Å². The van der Waals surface area contributed by atoms with Crippen LogP contribution >= 0.6 is 11.3 Å². The van der Waals surface area contributed by atoms with Gasteiger partial charge in [0, 0.05) is 11.4 Å². The van der Waals surface area contributed by atoms with Crippen molar-refractivity contribution in [2.24, 2.45) is 5.73 Å². The molecule has 1 heterocycles. The highest BCUT2D eigenvalue weighted by molar-refractivity contribution is 7.09.